The molecule has 0 N–H and O–H groups in total. The summed E-state index contributed by atoms with van der Waals surface area (Å²) in [4.78, 5) is 10.7. The highest BCUT2D eigenvalue weighted by atomic mass is 32.7. The van der Waals surface area contributed by atoms with Crippen LogP contribution in [0.25, 0.3) is 0 Å². The molecule has 0 fully saturated rings. The third-order valence-electron chi connectivity index (χ3n) is 0.741. The molecule has 0 radical (unpaired) electrons. The molecule has 0 spiro atoms. The van der Waals surface area contributed by atoms with Gasteiger partial charge in [0.15, 0.2) is 8.01 Å². The van der Waals surface area contributed by atoms with Gasteiger partial charge in [0.05, 0.1) is 6.42 Å². The zero-order chi connectivity index (χ0) is 9.94. The molecule has 1 atom stereocenters. The fourth-order valence-corrected chi connectivity index (χ4v) is 1.23. The molecule has 0 bridgehead atoms. The van der Waals surface area contributed by atoms with Crippen LogP contribution in [0.4, 0.5) is 0 Å². The number of carbonyl (C=O) groups excluding carboxylic acids is 1. The monoisotopic (exact) mass is 220 g/mol. The predicted octanol–water partition coefficient (Wildman–Crippen LogP) is 1.07. The summed E-state index contributed by atoms with van der Waals surface area (Å²) in [6.45, 7) is 0.00356. The molecule has 0 heterocycles. The van der Waals surface area contributed by atoms with Crippen LogP contribution in [-0.2, 0) is 18.2 Å². The first-order valence-corrected chi connectivity index (χ1v) is 5.36. The van der Waals surface area contributed by atoms with E-state index in [1.165, 1.54) is 12.5 Å². The topological polar surface area (TPSA) is 92.3 Å². The molecule has 6 nitrogen and oxygen atoms in total. The van der Waals surface area contributed by atoms with Gasteiger partial charge in [0, 0.05) is 0 Å². The van der Waals surface area contributed by atoms with E-state index in [0.717, 1.165) is 11.7 Å². The molecule has 0 aromatic rings. The van der Waals surface area contributed by atoms with Crippen molar-refractivity contribution in [1.29, 1.82) is 10.5 Å². The number of carbonyl (C=O) groups is 1. The lowest BCUT2D eigenvalue weighted by molar-refractivity contribution is -0.133. The summed E-state index contributed by atoms with van der Waals surface area (Å²) in [6.07, 6.45) is 2.83. The average Bonchev–Trinajstić information content (AvgIpc) is 2.13. The van der Waals surface area contributed by atoms with Crippen molar-refractivity contribution in [3.63, 3.8) is 0 Å². The minimum Gasteiger partial charge on any atom is -0.433 e. The van der Waals surface area contributed by atoms with Crippen molar-refractivity contribution in [2.75, 3.05) is 6.61 Å². The van der Waals surface area contributed by atoms with Crippen LogP contribution in [0.5, 0.6) is 0 Å². The van der Waals surface area contributed by atoms with Gasteiger partial charge in [-0.3, -0.25) is 4.79 Å². The zero-order valence-electron chi connectivity index (χ0n) is 6.35. The molecule has 8 heteroatoms. The minimum atomic E-state index is -0.498. The molecule has 0 aliphatic carbocycles. The minimum absolute atomic E-state index is 0.00356. The first kappa shape index (κ1) is 11.8. The highest BCUT2D eigenvalue weighted by molar-refractivity contribution is 8.45. The number of ether oxygens (including phenoxy) is 1. The maximum absolute atomic E-state index is 10.7. The van der Waals surface area contributed by atoms with Crippen LogP contribution >= 0.6 is 19.7 Å². The van der Waals surface area contributed by atoms with Crippen molar-refractivity contribution >= 4 is 25.6 Å². The summed E-state index contributed by atoms with van der Waals surface area (Å²) < 4.78 is 13.0. The Hall–Kier alpha value is -1.17. The molecule has 0 saturated heterocycles. The molecular formula is C5H5N2O4PS. The summed E-state index contributed by atoms with van der Waals surface area (Å²) >= 11 is 0.739. The summed E-state index contributed by atoms with van der Waals surface area (Å²) in [6, 6.07) is 0. The van der Waals surface area contributed by atoms with Crippen molar-refractivity contribution in [3.8, 4) is 12.5 Å². The van der Waals surface area contributed by atoms with Gasteiger partial charge in [-0.1, -0.05) is 0 Å². The number of nitriles is 2. The Labute approximate surface area is 80.6 Å². The maximum Gasteiger partial charge on any atom is 0.312 e. The summed E-state index contributed by atoms with van der Waals surface area (Å²) in [5, 5.41) is 15.9. The fourth-order valence-electron chi connectivity index (χ4n) is 0.330. The van der Waals surface area contributed by atoms with Crippen LogP contribution in [0.3, 0.4) is 0 Å². The van der Waals surface area contributed by atoms with Crippen molar-refractivity contribution < 1.29 is 18.2 Å². The van der Waals surface area contributed by atoms with E-state index in [1.54, 1.807) is 0 Å². The van der Waals surface area contributed by atoms with Crippen LogP contribution < -0.4 is 0 Å². The smallest absolute Gasteiger partial charge is 0.312 e. The molecule has 0 rings (SSSR count). The average molecular weight is 220 g/mol. The van der Waals surface area contributed by atoms with E-state index in [-0.39, 0.29) is 21.0 Å². The van der Waals surface area contributed by atoms with Crippen LogP contribution in [-0.4, -0.2) is 12.6 Å². The Balaban J connectivity index is 3.22. The Morgan fingerprint density at radius 3 is 2.85 bits per heavy atom. The molecule has 0 saturated carbocycles. The predicted molar refractivity (Wildman–Crippen MR) is 44.9 cm³/mol. The number of rotatable bonds is 6. The Morgan fingerprint density at radius 2 is 2.23 bits per heavy atom. The van der Waals surface area contributed by atoms with E-state index in [1.807, 2.05) is 0 Å². The molecule has 1 unspecified atom stereocenters. The van der Waals surface area contributed by atoms with E-state index >= 15 is 0 Å². The summed E-state index contributed by atoms with van der Waals surface area (Å²) in [7, 11) is -0.285. The van der Waals surface area contributed by atoms with E-state index < -0.39 is 5.97 Å². The second-order valence-electron chi connectivity index (χ2n) is 1.51. The van der Waals surface area contributed by atoms with Crippen LogP contribution in [0.1, 0.15) is 6.42 Å². The van der Waals surface area contributed by atoms with Gasteiger partial charge >= 0.3 is 5.97 Å². The van der Waals surface area contributed by atoms with E-state index in [0.29, 0.717) is 0 Å². The summed E-state index contributed by atoms with van der Waals surface area (Å²) in [5.41, 5.74) is 0. The first-order chi connectivity index (χ1) is 6.31. The van der Waals surface area contributed by atoms with Crippen LogP contribution in [0.15, 0.2) is 0 Å². The van der Waals surface area contributed by atoms with Gasteiger partial charge < -0.3 is 13.4 Å². The third kappa shape index (κ3) is 8.74. The zero-order valence-corrected chi connectivity index (χ0v) is 8.17. The molecule has 0 aliphatic heterocycles. The Bertz CT molecular complexity index is 236. The Kier molecular flexibility index (Phi) is 8.12. The number of nitrogens with zero attached hydrogens (tertiary/aromatic N) is 2. The lowest BCUT2D eigenvalue weighted by atomic mass is 10.5. The third-order valence-corrected chi connectivity index (χ3v) is 1.98. The second kappa shape index (κ2) is 8.92. The van der Waals surface area contributed by atoms with Crippen molar-refractivity contribution in [1.82, 2.24) is 0 Å². The van der Waals surface area contributed by atoms with E-state index in [9.17, 15) is 4.79 Å². The standard InChI is InChI=1S/C5H5N2O4PS/c6-3-9-2-1-5(8)11-12-13-10-4-7/h12H,1-2H2. The Morgan fingerprint density at radius 1 is 1.46 bits per heavy atom. The van der Waals surface area contributed by atoms with Crippen LogP contribution in [0.2, 0.25) is 0 Å². The van der Waals surface area contributed by atoms with Crippen LogP contribution in [0, 0.1) is 23.0 Å². The maximum atomic E-state index is 10.7. The molecule has 0 aliphatic rings. The molecule has 13 heavy (non-hydrogen) atoms. The SMILES string of the molecule is N#COCCC(=O)OPSOC#N. The second-order valence-corrected chi connectivity index (χ2v) is 3.21. The highest BCUT2D eigenvalue weighted by Gasteiger charge is 2.03. The molecular weight excluding hydrogens is 215 g/mol. The quantitative estimate of drug-likeness (QED) is 0.286. The van der Waals surface area contributed by atoms with Gasteiger partial charge in [-0.15, -0.1) is 5.26 Å². The molecule has 70 valence electrons. The highest BCUT2D eigenvalue weighted by Crippen LogP contribution is 2.30. The van der Waals surface area contributed by atoms with Gasteiger partial charge in [0.25, 0.3) is 12.5 Å². The van der Waals surface area contributed by atoms with Crippen molar-refractivity contribution in [3.05, 3.63) is 0 Å². The molecule has 0 aromatic carbocycles. The fraction of sp³-hybridized carbons (Fsp3) is 0.400. The van der Waals surface area contributed by atoms with Crippen molar-refractivity contribution in [2.45, 2.75) is 6.42 Å². The lowest BCUT2D eigenvalue weighted by Crippen LogP contribution is -2.01. The number of hydrogen-bond donors (Lipinski definition) is 0. The summed E-state index contributed by atoms with van der Waals surface area (Å²) in [5.74, 6) is -0.498. The van der Waals surface area contributed by atoms with Gasteiger partial charge in [0.1, 0.15) is 18.3 Å². The van der Waals surface area contributed by atoms with Gasteiger partial charge in [0.2, 0.25) is 0 Å². The number of hydrogen-bond acceptors (Lipinski definition) is 7. The molecule has 0 aromatic heterocycles. The van der Waals surface area contributed by atoms with Gasteiger partial charge in [-0.2, -0.15) is 5.26 Å². The van der Waals surface area contributed by atoms with Crippen molar-refractivity contribution in [2.24, 2.45) is 0 Å². The largest absolute Gasteiger partial charge is 0.433 e. The van der Waals surface area contributed by atoms with E-state index in [2.05, 4.69) is 13.4 Å². The molecule has 0 amide bonds. The first-order valence-electron chi connectivity index (χ1n) is 2.98. The lowest BCUT2D eigenvalue weighted by Gasteiger charge is -1.99. The van der Waals surface area contributed by atoms with E-state index in [4.69, 9.17) is 10.5 Å². The van der Waals surface area contributed by atoms with Gasteiger partial charge in [-0.25, -0.2) is 0 Å². The normalized spacial score (nSPS) is 8.77. The van der Waals surface area contributed by atoms with Gasteiger partial charge in [-0.05, 0) is 0 Å².